The van der Waals surface area contributed by atoms with Crippen molar-refractivity contribution in [2.24, 2.45) is 11.3 Å². The Hall–Kier alpha value is -3.71. The number of nitrogens with one attached hydrogen (secondary N) is 2. The zero-order valence-corrected chi connectivity index (χ0v) is 20.1. The lowest BCUT2D eigenvalue weighted by atomic mass is 9.85. The molecule has 3 fully saturated rings. The lowest BCUT2D eigenvalue weighted by molar-refractivity contribution is -0.0985. The van der Waals surface area contributed by atoms with Gasteiger partial charge in [-0.1, -0.05) is 18.2 Å². The van der Waals surface area contributed by atoms with E-state index in [1.807, 2.05) is 36.4 Å². The van der Waals surface area contributed by atoms with E-state index >= 15 is 0 Å². The molecule has 2 N–H and O–H groups in total. The van der Waals surface area contributed by atoms with Gasteiger partial charge in [-0.3, -0.25) is 14.9 Å². The van der Waals surface area contributed by atoms with E-state index in [0.717, 1.165) is 67.0 Å². The normalized spacial score (nSPS) is 19.4. The molecule has 182 valence electrons. The predicted molar refractivity (Wildman–Crippen MR) is 139 cm³/mol. The molecule has 1 saturated carbocycles. The standard InChI is InChI=1S/C29H29N5O2/c35-28(31-27(20-4-5-20)25-3-1-2-13-30-25)21-8-11-24-23(15-21)26(33-32-24)19-6-9-22(10-7-19)34-14-12-29(16-34)17-36-18-29/h1-3,6-11,13,15,20,27H,4-5,12,14,16-18H2,(H,31,35)(H,32,33). The lowest BCUT2D eigenvalue weighted by Crippen LogP contribution is -2.44. The van der Waals surface area contributed by atoms with Gasteiger partial charge in [-0.05, 0) is 67.6 Å². The van der Waals surface area contributed by atoms with Crippen molar-refractivity contribution in [2.45, 2.75) is 25.3 Å². The highest BCUT2D eigenvalue weighted by atomic mass is 16.5. The van der Waals surface area contributed by atoms with Gasteiger partial charge in [0.05, 0.1) is 36.2 Å². The van der Waals surface area contributed by atoms with Gasteiger partial charge in [0.15, 0.2) is 0 Å². The molecule has 2 saturated heterocycles. The van der Waals surface area contributed by atoms with Crippen molar-refractivity contribution in [3.05, 3.63) is 78.1 Å². The first-order chi connectivity index (χ1) is 17.7. The van der Waals surface area contributed by atoms with Gasteiger partial charge in [-0.2, -0.15) is 5.10 Å². The quantitative estimate of drug-likeness (QED) is 0.418. The highest BCUT2D eigenvalue weighted by Crippen LogP contribution is 2.41. The van der Waals surface area contributed by atoms with Gasteiger partial charge < -0.3 is 15.0 Å². The molecule has 36 heavy (non-hydrogen) atoms. The van der Waals surface area contributed by atoms with Crippen molar-refractivity contribution in [1.29, 1.82) is 0 Å². The smallest absolute Gasteiger partial charge is 0.251 e. The monoisotopic (exact) mass is 479 g/mol. The van der Waals surface area contributed by atoms with E-state index in [4.69, 9.17) is 4.74 Å². The highest BCUT2D eigenvalue weighted by molar-refractivity contribution is 6.01. The number of hydrogen-bond donors (Lipinski definition) is 2. The molecule has 1 unspecified atom stereocenters. The summed E-state index contributed by atoms with van der Waals surface area (Å²) in [6.07, 6.45) is 5.23. The Morgan fingerprint density at radius 1 is 1.11 bits per heavy atom. The number of anilines is 1. The van der Waals surface area contributed by atoms with Crippen LogP contribution >= 0.6 is 0 Å². The van der Waals surface area contributed by atoms with Crippen LogP contribution in [0.2, 0.25) is 0 Å². The van der Waals surface area contributed by atoms with E-state index in [9.17, 15) is 4.79 Å². The maximum Gasteiger partial charge on any atom is 0.251 e. The molecule has 7 rings (SSSR count). The summed E-state index contributed by atoms with van der Waals surface area (Å²) in [6, 6.07) is 20.2. The first-order valence-corrected chi connectivity index (χ1v) is 12.8. The summed E-state index contributed by atoms with van der Waals surface area (Å²) in [5.74, 6) is 0.378. The van der Waals surface area contributed by atoms with Crippen molar-refractivity contribution in [2.75, 3.05) is 31.2 Å². The molecular formula is C29H29N5O2. The molecule has 7 heteroatoms. The summed E-state index contributed by atoms with van der Waals surface area (Å²) in [5.41, 5.74) is 5.97. The first kappa shape index (κ1) is 21.6. The van der Waals surface area contributed by atoms with Gasteiger partial charge in [0.25, 0.3) is 5.91 Å². The molecule has 4 aromatic rings. The van der Waals surface area contributed by atoms with E-state index in [1.54, 1.807) is 6.20 Å². The van der Waals surface area contributed by atoms with Crippen molar-refractivity contribution in [3.63, 3.8) is 0 Å². The third-order valence-corrected chi connectivity index (χ3v) is 7.97. The second kappa shape index (κ2) is 8.45. The number of benzene rings is 2. The Morgan fingerprint density at radius 3 is 2.67 bits per heavy atom. The second-order valence-electron chi connectivity index (χ2n) is 10.6. The molecule has 2 aromatic carbocycles. The minimum Gasteiger partial charge on any atom is -0.380 e. The summed E-state index contributed by atoms with van der Waals surface area (Å²) in [5, 5.41) is 11.9. The number of aromatic amines is 1. The molecule has 0 radical (unpaired) electrons. The Kier molecular flexibility index (Phi) is 5.06. The van der Waals surface area contributed by atoms with Crippen LogP contribution < -0.4 is 10.2 Å². The maximum absolute atomic E-state index is 13.3. The predicted octanol–water partition coefficient (Wildman–Crippen LogP) is 4.73. The largest absolute Gasteiger partial charge is 0.380 e. The average Bonchev–Trinajstić information content (AvgIpc) is 3.48. The minimum absolute atomic E-state index is 0.0537. The van der Waals surface area contributed by atoms with Gasteiger partial charge >= 0.3 is 0 Å². The fourth-order valence-electron chi connectivity index (χ4n) is 5.63. The zero-order valence-electron chi connectivity index (χ0n) is 20.1. The van der Waals surface area contributed by atoms with Crippen LogP contribution in [0.25, 0.3) is 22.2 Å². The van der Waals surface area contributed by atoms with Gasteiger partial charge in [0.1, 0.15) is 0 Å². The third-order valence-electron chi connectivity index (χ3n) is 7.97. The SMILES string of the molecule is O=C(NC(c1ccccn1)C1CC1)c1ccc2[nH]nc(-c3ccc(N4CCC5(COC5)C4)cc3)c2c1. The van der Waals surface area contributed by atoms with Crippen LogP contribution in [0.1, 0.15) is 41.4 Å². The van der Waals surface area contributed by atoms with Gasteiger partial charge in [0.2, 0.25) is 0 Å². The maximum atomic E-state index is 13.3. The van der Waals surface area contributed by atoms with Crippen molar-refractivity contribution in [3.8, 4) is 11.3 Å². The van der Waals surface area contributed by atoms with Crippen molar-refractivity contribution in [1.82, 2.24) is 20.5 Å². The van der Waals surface area contributed by atoms with E-state index in [1.165, 1.54) is 12.1 Å². The Bertz CT molecular complexity index is 1410. The highest BCUT2D eigenvalue weighted by Gasteiger charge is 2.44. The van der Waals surface area contributed by atoms with Crippen LogP contribution in [-0.2, 0) is 4.74 Å². The molecule has 2 aromatic heterocycles. The number of amides is 1. The number of H-pyrrole nitrogens is 1. The summed E-state index contributed by atoms with van der Waals surface area (Å²) < 4.78 is 5.47. The topological polar surface area (TPSA) is 83.1 Å². The van der Waals surface area contributed by atoms with E-state index in [0.29, 0.717) is 16.9 Å². The fourth-order valence-corrected chi connectivity index (χ4v) is 5.63. The molecular weight excluding hydrogens is 450 g/mol. The summed E-state index contributed by atoms with van der Waals surface area (Å²) >= 11 is 0. The number of ether oxygens (including phenoxy) is 1. The fraction of sp³-hybridized carbons (Fsp3) is 0.345. The molecule has 3 aliphatic rings. The number of carbonyl (C=O) groups is 1. The van der Waals surface area contributed by atoms with Gasteiger partial charge in [0, 0.05) is 46.9 Å². The van der Waals surface area contributed by atoms with Crippen molar-refractivity contribution >= 4 is 22.5 Å². The van der Waals surface area contributed by atoms with E-state index < -0.39 is 0 Å². The second-order valence-corrected chi connectivity index (χ2v) is 10.6. The molecule has 2 aliphatic heterocycles. The number of aromatic nitrogens is 3. The Labute approximate surface area is 209 Å². The zero-order chi connectivity index (χ0) is 24.1. The van der Waals surface area contributed by atoms with Crippen LogP contribution in [0.4, 0.5) is 5.69 Å². The molecule has 1 aliphatic carbocycles. The average molecular weight is 480 g/mol. The summed E-state index contributed by atoms with van der Waals surface area (Å²) in [7, 11) is 0. The number of hydrogen-bond acceptors (Lipinski definition) is 5. The molecule has 0 bridgehead atoms. The summed E-state index contributed by atoms with van der Waals surface area (Å²) in [4.78, 5) is 20.2. The lowest BCUT2D eigenvalue weighted by Gasteiger charge is -2.37. The first-order valence-electron chi connectivity index (χ1n) is 12.8. The van der Waals surface area contributed by atoms with Crippen LogP contribution in [-0.4, -0.2) is 47.4 Å². The van der Waals surface area contributed by atoms with Crippen LogP contribution in [0, 0.1) is 11.3 Å². The van der Waals surface area contributed by atoms with E-state index in [2.05, 4.69) is 49.7 Å². The third kappa shape index (κ3) is 3.84. The minimum atomic E-state index is -0.0788. The van der Waals surface area contributed by atoms with Gasteiger partial charge in [-0.15, -0.1) is 0 Å². The molecule has 7 nitrogen and oxygen atoms in total. The van der Waals surface area contributed by atoms with E-state index in [-0.39, 0.29) is 11.9 Å². The molecule has 1 atom stereocenters. The summed E-state index contributed by atoms with van der Waals surface area (Å²) in [6.45, 7) is 3.92. The number of nitrogens with zero attached hydrogens (tertiary/aromatic N) is 3. The Morgan fingerprint density at radius 2 is 1.97 bits per heavy atom. The van der Waals surface area contributed by atoms with Gasteiger partial charge in [-0.25, -0.2) is 0 Å². The number of fused-ring (bicyclic) bond motifs is 1. The number of pyridine rings is 1. The molecule has 1 amide bonds. The number of rotatable bonds is 6. The van der Waals surface area contributed by atoms with Crippen LogP contribution in [0.5, 0.6) is 0 Å². The molecule has 4 heterocycles. The van der Waals surface area contributed by atoms with Crippen LogP contribution in [0.3, 0.4) is 0 Å². The van der Waals surface area contributed by atoms with Crippen LogP contribution in [0.15, 0.2) is 66.9 Å². The number of carbonyl (C=O) groups excluding carboxylic acids is 1. The Balaban J connectivity index is 1.13. The van der Waals surface area contributed by atoms with Crippen molar-refractivity contribution < 1.29 is 9.53 Å². The molecule has 1 spiro atoms.